The van der Waals surface area contributed by atoms with Crippen LogP contribution >= 0.6 is 0 Å². The van der Waals surface area contributed by atoms with Crippen molar-refractivity contribution in [3.05, 3.63) is 42.0 Å². The molecule has 0 spiro atoms. The summed E-state index contributed by atoms with van der Waals surface area (Å²) in [6, 6.07) is 3.43. The SMILES string of the molecule is FC(F)(F)Cn1cc2c(n1)[C@H](Nc1ccc3nccnc3n1)CCC2. The average Bonchev–Trinajstić information content (AvgIpc) is 2.96. The molecule has 6 nitrogen and oxygen atoms in total. The summed E-state index contributed by atoms with van der Waals surface area (Å²) in [5, 5.41) is 7.42. The predicted molar refractivity (Wildman–Crippen MR) is 84.9 cm³/mol. The van der Waals surface area contributed by atoms with E-state index in [1.165, 1.54) is 6.20 Å². The highest BCUT2D eigenvalue weighted by Crippen LogP contribution is 2.32. The molecule has 0 amide bonds. The Morgan fingerprint density at radius 2 is 2.04 bits per heavy atom. The summed E-state index contributed by atoms with van der Waals surface area (Å²) in [5.41, 5.74) is 2.73. The summed E-state index contributed by atoms with van der Waals surface area (Å²) in [7, 11) is 0. The number of anilines is 1. The average molecular weight is 348 g/mol. The molecule has 1 N–H and O–H groups in total. The van der Waals surface area contributed by atoms with Gasteiger partial charge in [-0.05, 0) is 37.0 Å². The smallest absolute Gasteiger partial charge is 0.362 e. The lowest BCUT2D eigenvalue weighted by Crippen LogP contribution is -2.20. The second kappa shape index (κ2) is 5.98. The van der Waals surface area contributed by atoms with Crippen LogP contribution in [-0.2, 0) is 13.0 Å². The Kier molecular flexibility index (Phi) is 3.78. The van der Waals surface area contributed by atoms with Crippen LogP contribution in [0.2, 0.25) is 0 Å². The van der Waals surface area contributed by atoms with Crippen LogP contribution in [0.25, 0.3) is 11.2 Å². The molecule has 1 atom stereocenters. The highest BCUT2D eigenvalue weighted by atomic mass is 19.4. The van der Waals surface area contributed by atoms with Crippen LogP contribution in [0, 0.1) is 0 Å². The molecule has 3 aromatic rings. The molecule has 0 unspecified atom stereocenters. The first-order chi connectivity index (χ1) is 12.0. The Hall–Kier alpha value is -2.71. The number of halogens is 3. The van der Waals surface area contributed by atoms with Crippen molar-refractivity contribution < 1.29 is 13.2 Å². The van der Waals surface area contributed by atoms with Crippen molar-refractivity contribution in [2.75, 3.05) is 5.32 Å². The van der Waals surface area contributed by atoms with Crippen LogP contribution in [0.3, 0.4) is 0 Å². The maximum atomic E-state index is 12.6. The number of aromatic nitrogens is 5. The Morgan fingerprint density at radius 3 is 2.88 bits per heavy atom. The maximum absolute atomic E-state index is 12.6. The highest BCUT2D eigenvalue weighted by molar-refractivity contribution is 5.71. The number of nitrogens with one attached hydrogen (secondary N) is 1. The fourth-order valence-electron chi connectivity index (χ4n) is 3.12. The van der Waals surface area contributed by atoms with E-state index in [4.69, 9.17) is 0 Å². The molecule has 25 heavy (non-hydrogen) atoms. The van der Waals surface area contributed by atoms with E-state index < -0.39 is 12.7 Å². The molecule has 1 aliphatic carbocycles. The summed E-state index contributed by atoms with van der Waals surface area (Å²) in [6.45, 7) is -1.07. The van der Waals surface area contributed by atoms with Gasteiger partial charge in [-0.25, -0.2) is 9.97 Å². The van der Waals surface area contributed by atoms with Gasteiger partial charge in [0.05, 0.1) is 11.7 Å². The van der Waals surface area contributed by atoms with Crippen LogP contribution in [0.15, 0.2) is 30.7 Å². The van der Waals surface area contributed by atoms with Gasteiger partial charge in [0, 0.05) is 18.6 Å². The Morgan fingerprint density at radius 1 is 1.20 bits per heavy atom. The maximum Gasteiger partial charge on any atom is 0.408 e. The Labute approximate surface area is 141 Å². The van der Waals surface area contributed by atoms with Gasteiger partial charge in [0.25, 0.3) is 0 Å². The second-order valence-electron chi connectivity index (χ2n) is 6.04. The molecule has 130 valence electrons. The first kappa shape index (κ1) is 15.8. The quantitative estimate of drug-likeness (QED) is 0.787. The molecule has 9 heteroatoms. The summed E-state index contributed by atoms with van der Waals surface area (Å²) in [4.78, 5) is 12.7. The van der Waals surface area contributed by atoms with Crippen LogP contribution < -0.4 is 5.32 Å². The molecule has 0 aromatic carbocycles. The number of fused-ring (bicyclic) bond motifs is 2. The number of rotatable bonds is 3. The lowest BCUT2D eigenvalue weighted by atomic mass is 9.94. The molecule has 3 aromatic heterocycles. The lowest BCUT2D eigenvalue weighted by molar-refractivity contribution is -0.142. The number of hydrogen-bond donors (Lipinski definition) is 1. The molecule has 1 aliphatic rings. The number of aryl methyl sites for hydroxylation is 1. The fourth-order valence-corrected chi connectivity index (χ4v) is 3.12. The first-order valence-corrected chi connectivity index (χ1v) is 7.95. The van der Waals surface area contributed by atoms with E-state index in [2.05, 4.69) is 25.4 Å². The van der Waals surface area contributed by atoms with Crippen molar-refractivity contribution in [1.29, 1.82) is 0 Å². The van der Waals surface area contributed by atoms with Crippen molar-refractivity contribution >= 4 is 17.0 Å². The van der Waals surface area contributed by atoms with E-state index >= 15 is 0 Å². The van der Waals surface area contributed by atoms with E-state index in [0.29, 0.717) is 22.7 Å². The van der Waals surface area contributed by atoms with E-state index in [1.807, 2.05) is 6.07 Å². The van der Waals surface area contributed by atoms with Crippen molar-refractivity contribution in [3.63, 3.8) is 0 Å². The van der Waals surface area contributed by atoms with Crippen LogP contribution in [0.1, 0.15) is 30.1 Å². The predicted octanol–water partition coefficient (Wildman–Crippen LogP) is 3.27. The normalized spacial score (nSPS) is 17.5. The molecule has 0 saturated heterocycles. The third-order valence-corrected chi connectivity index (χ3v) is 4.13. The fraction of sp³-hybridized carbons (Fsp3) is 0.375. The van der Waals surface area contributed by atoms with Gasteiger partial charge < -0.3 is 5.32 Å². The van der Waals surface area contributed by atoms with Gasteiger partial charge in [0.1, 0.15) is 17.9 Å². The third kappa shape index (κ3) is 3.40. The van der Waals surface area contributed by atoms with Gasteiger partial charge in [0.2, 0.25) is 0 Å². The van der Waals surface area contributed by atoms with Gasteiger partial charge in [-0.1, -0.05) is 0 Å². The summed E-state index contributed by atoms with van der Waals surface area (Å²) in [6.07, 6.45) is 2.79. The van der Waals surface area contributed by atoms with Crippen LogP contribution in [0.4, 0.5) is 19.0 Å². The Bertz CT molecular complexity index is 904. The van der Waals surface area contributed by atoms with Crippen LogP contribution in [-0.4, -0.2) is 30.9 Å². The number of alkyl halides is 3. The summed E-state index contributed by atoms with van der Waals surface area (Å²) in [5.74, 6) is 0.608. The van der Waals surface area contributed by atoms with Crippen molar-refractivity contribution in [2.24, 2.45) is 0 Å². The van der Waals surface area contributed by atoms with Gasteiger partial charge >= 0.3 is 6.18 Å². The largest absolute Gasteiger partial charge is 0.408 e. The Balaban J connectivity index is 1.59. The van der Waals surface area contributed by atoms with Crippen molar-refractivity contribution in [2.45, 2.75) is 38.0 Å². The number of nitrogens with zero attached hydrogens (tertiary/aromatic N) is 5. The van der Waals surface area contributed by atoms with Crippen LogP contribution in [0.5, 0.6) is 0 Å². The van der Waals surface area contributed by atoms with E-state index in [0.717, 1.165) is 29.5 Å². The zero-order chi connectivity index (χ0) is 17.4. The summed E-state index contributed by atoms with van der Waals surface area (Å²) < 4.78 is 38.8. The van der Waals surface area contributed by atoms with E-state index in [9.17, 15) is 13.2 Å². The zero-order valence-corrected chi connectivity index (χ0v) is 13.2. The third-order valence-electron chi connectivity index (χ3n) is 4.13. The standard InChI is InChI=1S/C16H15F3N6/c17-16(18,19)9-25-8-10-2-1-3-11(14(10)24-25)22-13-5-4-12-15(23-13)21-7-6-20-12/h4-8,11H,1-3,9H2,(H,21,22,23)/t11-/m1/s1. The van der Waals surface area contributed by atoms with Gasteiger partial charge in [-0.15, -0.1) is 0 Å². The monoisotopic (exact) mass is 348 g/mol. The molecule has 3 heterocycles. The van der Waals surface area contributed by atoms with Gasteiger partial charge in [0.15, 0.2) is 5.65 Å². The first-order valence-electron chi connectivity index (χ1n) is 7.95. The molecular formula is C16H15F3N6. The molecule has 4 rings (SSSR count). The van der Waals surface area contributed by atoms with Crippen molar-refractivity contribution in [3.8, 4) is 0 Å². The molecule has 0 fully saturated rings. The minimum absolute atomic E-state index is 0.167. The molecule has 0 radical (unpaired) electrons. The number of pyridine rings is 1. The highest BCUT2D eigenvalue weighted by Gasteiger charge is 2.31. The van der Waals surface area contributed by atoms with E-state index in [-0.39, 0.29) is 6.04 Å². The number of hydrogen-bond acceptors (Lipinski definition) is 5. The molecule has 0 bridgehead atoms. The van der Waals surface area contributed by atoms with Crippen molar-refractivity contribution in [1.82, 2.24) is 24.7 Å². The molecule has 0 aliphatic heterocycles. The summed E-state index contributed by atoms with van der Waals surface area (Å²) >= 11 is 0. The minimum Gasteiger partial charge on any atom is -0.362 e. The topological polar surface area (TPSA) is 68.5 Å². The molecular weight excluding hydrogens is 333 g/mol. The second-order valence-corrected chi connectivity index (χ2v) is 6.04. The lowest BCUT2D eigenvalue weighted by Gasteiger charge is -2.22. The van der Waals surface area contributed by atoms with Gasteiger partial charge in [-0.2, -0.15) is 18.3 Å². The van der Waals surface area contributed by atoms with Gasteiger partial charge in [-0.3, -0.25) is 9.67 Å². The van der Waals surface area contributed by atoms with E-state index in [1.54, 1.807) is 18.5 Å². The zero-order valence-electron chi connectivity index (χ0n) is 13.2. The minimum atomic E-state index is -4.28. The molecule has 0 saturated carbocycles.